The van der Waals surface area contributed by atoms with Gasteiger partial charge in [-0.05, 0) is 102 Å². The Balaban J connectivity index is 1.33. The highest BCUT2D eigenvalue weighted by Crippen LogP contribution is 2.51. The van der Waals surface area contributed by atoms with Gasteiger partial charge < -0.3 is 9.32 Å². The van der Waals surface area contributed by atoms with Crippen molar-refractivity contribution >= 4 is 92.9 Å². The fraction of sp³-hybridized carbons (Fsp3) is 0. The molecule has 0 atom stereocenters. The molecule has 2 heteroatoms. The topological polar surface area (TPSA) is 16.4 Å². The van der Waals surface area contributed by atoms with E-state index in [0.29, 0.717) is 0 Å². The molecule has 0 spiro atoms. The van der Waals surface area contributed by atoms with E-state index in [2.05, 4.69) is 205 Å². The maximum absolute atomic E-state index is 6.61. The van der Waals surface area contributed by atoms with E-state index in [0.717, 1.165) is 39.0 Å². The van der Waals surface area contributed by atoms with Crippen LogP contribution in [0.5, 0.6) is 0 Å². The molecule has 0 N–H and O–H groups in total. The fourth-order valence-corrected chi connectivity index (χ4v) is 9.45. The Morgan fingerprint density at radius 2 is 0.679 bits per heavy atom. The number of fused-ring (bicyclic) bond motifs is 19. The van der Waals surface area contributed by atoms with Crippen LogP contribution in [-0.4, -0.2) is 0 Å². The van der Waals surface area contributed by atoms with Gasteiger partial charge in [-0.15, -0.1) is 0 Å². The van der Waals surface area contributed by atoms with Crippen LogP contribution in [0.2, 0.25) is 0 Å². The van der Waals surface area contributed by atoms with Crippen LogP contribution in [0.1, 0.15) is 0 Å². The Hall–Kier alpha value is -7.42. The van der Waals surface area contributed by atoms with Crippen molar-refractivity contribution in [2.24, 2.45) is 0 Å². The highest BCUT2D eigenvalue weighted by molar-refractivity contribution is 6.33. The van der Waals surface area contributed by atoms with Gasteiger partial charge in [-0.2, -0.15) is 0 Å². The number of furan rings is 1. The molecule has 0 radical (unpaired) electrons. The smallest absolute Gasteiger partial charge is 0.136 e. The molecule has 2 nitrogen and oxygen atoms in total. The number of hydrogen-bond donors (Lipinski definition) is 0. The molecule has 12 rings (SSSR count). The predicted molar refractivity (Wildman–Crippen MR) is 238 cm³/mol. The molecule has 0 saturated heterocycles. The third-order valence-electron chi connectivity index (χ3n) is 11.8. The molecule has 56 heavy (non-hydrogen) atoms. The van der Waals surface area contributed by atoms with Crippen LogP contribution < -0.4 is 4.90 Å². The zero-order valence-electron chi connectivity index (χ0n) is 30.4. The first-order valence-electron chi connectivity index (χ1n) is 19.3. The van der Waals surface area contributed by atoms with Crippen LogP contribution in [0.25, 0.3) is 98.1 Å². The number of para-hydroxylation sites is 3. The summed E-state index contributed by atoms with van der Waals surface area (Å²) in [7, 11) is 0. The fourth-order valence-electron chi connectivity index (χ4n) is 9.45. The van der Waals surface area contributed by atoms with Gasteiger partial charge in [0.25, 0.3) is 0 Å². The van der Waals surface area contributed by atoms with Crippen LogP contribution in [0.15, 0.2) is 205 Å². The van der Waals surface area contributed by atoms with Gasteiger partial charge in [-0.25, -0.2) is 0 Å². The molecule has 0 bridgehead atoms. The van der Waals surface area contributed by atoms with E-state index in [-0.39, 0.29) is 0 Å². The Kier molecular flexibility index (Phi) is 6.66. The molecule has 10 aromatic carbocycles. The maximum Gasteiger partial charge on any atom is 0.136 e. The highest BCUT2D eigenvalue weighted by atomic mass is 16.3. The van der Waals surface area contributed by atoms with Crippen molar-refractivity contribution in [3.8, 4) is 22.3 Å². The van der Waals surface area contributed by atoms with Gasteiger partial charge in [0.05, 0.1) is 11.4 Å². The first kappa shape index (κ1) is 31.0. The standard InChI is InChI=1S/C54H33NO/c1-3-17-37-35(15-1)36-16-2-4-18-38(36)42-30-29-34(55-49-26-12-9-22-43(49)39-19-5-6-20-40(39)44-23-10-13-27-50(44)55)33-48(42)46-31-32-52-54(47-25-11-14-28-51(47)56-52)53(46)45-24-8-7-21-41(37)45/h1-33H. The summed E-state index contributed by atoms with van der Waals surface area (Å²) < 4.78 is 6.61. The maximum atomic E-state index is 6.61. The minimum atomic E-state index is 0.885. The van der Waals surface area contributed by atoms with E-state index in [1.54, 1.807) is 0 Å². The van der Waals surface area contributed by atoms with E-state index in [9.17, 15) is 0 Å². The Labute approximate surface area is 323 Å². The third kappa shape index (κ3) is 4.44. The van der Waals surface area contributed by atoms with Crippen molar-refractivity contribution in [1.82, 2.24) is 0 Å². The van der Waals surface area contributed by atoms with Crippen LogP contribution in [0.4, 0.5) is 17.1 Å². The number of anilines is 3. The monoisotopic (exact) mass is 711 g/mol. The van der Waals surface area contributed by atoms with E-state index in [1.165, 1.54) is 76.1 Å². The van der Waals surface area contributed by atoms with Gasteiger partial charge in [-0.3, -0.25) is 0 Å². The van der Waals surface area contributed by atoms with Crippen molar-refractivity contribution < 1.29 is 4.42 Å². The molecule has 0 amide bonds. The van der Waals surface area contributed by atoms with Crippen molar-refractivity contribution in [2.75, 3.05) is 4.90 Å². The number of rotatable bonds is 1. The van der Waals surface area contributed by atoms with Gasteiger partial charge in [0.2, 0.25) is 0 Å². The van der Waals surface area contributed by atoms with Crippen molar-refractivity contribution in [3.05, 3.63) is 200 Å². The molecule has 1 aromatic heterocycles. The quantitative estimate of drug-likeness (QED) is 0.169. The van der Waals surface area contributed by atoms with E-state index < -0.39 is 0 Å². The van der Waals surface area contributed by atoms with E-state index >= 15 is 0 Å². The Morgan fingerprint density at radius 1 is 0.268 bits per heavy atom. The molecule has 0 aliphatic carbocycles. The molecule has 1 aliphatic heterocycles. The summed E-state index contributed by atoms with van der Waals surface area (Å²) in [6.45, 7) is 0. The highest BCUT2D eigenvalue weighted by Gasteiger charge is 2.26. The predicted octanol–water partition coefficient (Wildman–Crippen LogP) is 15.6. The summed E-state index contributed by atoms with van der Waals surface area (Å²) in [5, 5.41) is 14.2. The first-order chi connectivity index (χ1) is 27.8. The van der Waals surface area contributed by atoms with Crippen molar-refractivity contribution in [3.63, 3.8) is 0 Å². The van der Waals surface area contributed by atoms with Gasteiger partial charge >= 0.3 is 0 Å². The van der Waals surface area contributed by atoms with Gasteiger partial charge in [-0.1, -0.05) is 158 Å². The summed E-state index contributed by atoms with van der Waals surface area (Å²) in [5.41, 5.74) is 10.1. The molecule has 2 heterocycles. The average molecular weight is 712 g/mol. The lowest BCUT2D eigenvalue weighted by atomic mass is 9.92. The second-order valence-corrected chi connectivity index (χ2v) is 14.7. The SMILES string of the molecule is c1ccc2c(c1)-c1ccccc1N(c1ccc3c4ccccc4c4ccccc4c4ccccc4c4c(ccc5oc6ccccc6c54)c3c1)c1ccccc1-2. The molecule has 0 saturated carbocycles. The first-order valence-corrected chi connectivity index (χ1v) is 19.3. The van der Waals surface area contributed by atoms with Crippen LogP contribution in [-0.2, 0) is 0 Å². The summed E-state index contributed by atoms with van der Waals surface area (Å²) in [6.07, 6.45) is 0. The third-order valence-corrected chi connectivity index (χ3v) is 11.8. The van der Waals surface area contributed by atoms with Crippen LogP contribution in [0.3, 0.4) is 0 Å². The second kappa shape index (κ2) is 12.0. The molecule has 0 fully saturated rings. The molecular formula is C54H33NO. The summed E-state index contributed by atoms with van der Waals surface area (Å²) in [6, 6.07) is 73.2. The average Bonchev–Trinajstić information content (AvgIpc) is 3.60. The normalized spacial score (nSPS) is 12.2. The van der Waals surface area contributed by atoms with Crippen molar-refractivity contribution in [2.45, 2.75) is 0 Å². The Bertz CT molecular complexity index is 3430. The van der Waals surface area contributed by atoms with Crippen LogP contribution in [0, 0.1) is 0 Å². The lowest BCUT2D eigenvalue weighted by Crippen LogP contribution is -2.10. The molecule has 1 aliphatic rings. The number of benzene rings is 9. The van der Waals surface area contributed by atoms with Crippen LogP contribution >= 0.6 is 0 Å². The lowest BCUT2D eigenvalue weighted by molar-refractivity contribution is 0.669. The van der Waals surface area contributed by atoms with E-state index in [1.807, 2.05) is 0 Å². The van der Waals surface area contributed by atoms with Crippen molar-refractivity contribution in [1.29, 1.82) is 0 Å². The van der Waals surface area contributed by atoms with E-state index in [4.69, 9.17) is 4.42 Å². The van der Waals surface area contributed by atoms with Gasteiger partial charge in [0.1, 0.15) is 11.2 Å². The molecular weight excluding hydrogens is 679 g/mol. The lowest BCUT2D eigenvalue weighted by Gasteiger charge is -2.27. The zero-order valence-corrected chi connectivity index (χ0v) is 30.4. The summed E-state index contributed by atoms with van der Waals surface area (Å²) >= 11 is 0. The second-order valence-electron chi connectivity index (χ2n) is 14.7. The molecule has 260 valence electrons. The zero-order chi connectivity index (χ0) is 36.7. The minimum Gasteiger partial charge on any atom is -0.456 e. The largest absolute Gasteiger partial charge is 0.456 e. The number of hydrogen-bond acceptors (Lipinski definition) is 2. The summed E-state index contributed by atoms with van der Waals surface area (Å²) in [5.74, 6) is 0. The number of nitrogens with zero attached hydrogens (tertiary/aromatic N) is 1. The van der Waals surface area contributed by atoms with Gasteiger partial charge in [0, 0.05) is 33.0 Å². The minimum absolute atomic E-state index is 0.885. The summed E-state index contributed by atoms with van der Waals surface area (Å²) in [4.78, 5) is 2.46. The molecule has 0 unspecified atom stereocenters. The molecule has 11 aromatic rings. The van der Waals surface area contributed by atoms with Gasteiger partial charge in [0.15, 0.2) is 0 Å². The Morgan fingerprint density at radius 3 is 1.27 bits per heavy atom.